The second kappa shape index (κ2) is 4.75. The molecule has 0 saturated heterocycles. The minimum absolute atomic E-state index is 0.131. The van der Waals surface area contributed by atoms with Crippen molar-refractivity contribution >= 4 is 19.4 Å². The first kappa shape index (κ1) is 9.92. The molecular weight excluding hydrogens is 251 g/mol. The Kier molecular flexibility index (Phi) is 3.14. The van der Waals surface area contributed by atoms with Crippen molar-refractivity contribution in [2.45, 2.75) is 0 Å². The average Bonchev–Trinajstić information content (AvgIpc) is 2.31. The van der Waals surface area contributed by atoms with Crippen molar-refractivity contribution in [1.82, 2.24) is 4.98 Å². The van der Waals surface area contributed by atoms with E-state index in [-0.39, 0.29) is 15.0 Å². The van der Waals surface area contributed by atoms with Gasteiger partial charge in [-0.1, -0.05) is 0 Å². The van der Waals surface area contributed by atoms with Gasteiger partial charge in [0, 0.05) is 0 Å². The van der Waals surface area contributed by atoms with Gasteiger partial charge in [-0.05, 0) is 0 Å². The fourth-order valence-corrected chi connectivity index (χ4v) is 2.45. The molecule has 0 radical (unpaired) electrons. The van der Waals surface area contributed by atoms with Gasteiger partial charge in [-0.25, -0.2) is 0 Å². The molecule has 15 heavy (non-hydrogen) atoms. The Morgan fingerprint density at radius 1 is 1.07 bits per heavy atom. The van der Waals surface area contributed by atoms with Crippen LogP contribution in [0.2, 0.25) is 0 Å². The van der Waals surface area contributed by atoms with Crippen molar-refractivity contribution in [3.63, 3.8) is 0 Å². The molecule has 0 aliphatic carbocycles. The predicted molar refractivity (Wildman–Crippen MR) is 60.7 cm³/mol. The molecule has 0 bridgehead atoms. The van der Waals surface area contributed by atoms with Gasteiger partial charge in [-0.3, -0.25) is 0 Å². The second-order valence-corrected chi connectivity index (χ2v) is 4.64. The first-order valence-corrected chi connectivity index (χ1v) is 6.19. The quantitative estimate of drug-likeness (QED) is 0.767. The van der Waals surface area contributed by atoms with Gasteiger partial charge >= 0.3 is 94.6 Å². The van der Waals surface area contributed by atoms with E-state index in [1.807, 2.05) is 42.5 Å². The number of hydrogen-bond donors (Lipinski definition) is 0. The number of aromatic nitrogens is 1. The SMILES string of the molecule is N#C[Se]c1ccccc1-c1ccccn1. The molecule has 2 rings (SSSR count). The summed E-state index contributed by atoms with van der Waals surface area (Å²) in [7, 11) is 0. The minimum atomic E-state index is -0.131. The van der Waals surface area contributed by atoms with E-state index >= 15 is 0 Å². The second-order valence-electron chi connectivity index (χ2n) is 2.90. The number of nitrogens with zero attached hydrogens (tertiary/aromatic N) is 2. The third-order valence-corrected chi connectivity index (χ3v) is 3.38. The molecule has 0 spiro atoms. The van der Waals surface area contributed by atoms with Crippen LogP contribution in [0.15, 0.2) is 48.7 Å². The molecule has 0 atom stereocenters. The van der Waals surface area contributed by atoms with Gasteiger partial charge in [0.2, 0.25) is 0 Å². The summed E-state index contributed by atoms with van der Waals surface area (Å²) in [6.07, 6.45) is 1.77. The normalized spacial score (nSPS) is 9.53. The third kappa shape index (κ3) is 2.24. The maximum absolute atomic E-state index is 8.75. The van der Waals surface area contributed by atoms with Crippen molar-refractivity contribution in [2.24, 2.45) is 0 Å². The topological polar surface area (TPSA) is 36.7 Å². The standard InChI is InChI=1S/C12H8N2Se/c13-9-15-12-7-2-1-5-10(12)11-6-3-4-8-14-11/h1-8H. The van der Waals surface area contributed by atoms with Crippen LogP contribution < -0.4 is 4.46 Å². The van der Waals surface area contributed by atoms with Crippen LogP contribution in [0.1, 0.15) is 0 Å². The van der Waals surface area contributed by atoms with Crippen LogP contribution in [0.25, 0.3) is 11.3 Å². The Labute approximate surface area is 94.7 Å². The summed E-state index contributed by atoms with van der Waals surface area (Å²) in [5, 5.41) is 8.75. The van der Waals surface area contributed by atoms with Gasteiger partial charge in [-0.15, -0.1) is 0 Å². The summed E-state index contributed by atoms with van der Waals surface area (Å²) >= 11 is -0.131. The molecule has 0 unspecified atom stereocenters. The Morgan fingerprint density at radius 3 is 2.60 bits per heavy atom. The fraction of sp³-hybridized carbons (Fsp3) is 0. The molecule has 0 saturated carbocycles. The van der Waals surface area contributed by atoms with Gasteiger partial charge in [-0.2, -0.15) is 0 Å². The van der Waals surface area contributed by atoms with Gasteiger partial charge < -0.3 is 0 Å². The molecule has 0 N–H and O–H groups in total. The van der Waals surface area contributed by atoms with E-state index in [0.29, 0.717) is 0 Å². The number of hydrogen-bond acceptors (Lipinski definition) is 2. The molecule has 0 aliphatic rings. The fourth-order valence-electron chi connectivity index (χ4n) is 1.34. The molecule has 1 heterocycles. The van der Waals surface area contributed by atoms with Crippen molar-refractivity contribution in [3.05, 3.63) is 48.7 Å². The van der Waals surface area contributed by atoms with Crippen LogP contribution in [0.5, 0.6) is 0 Å². The first-order chi connectivity index (χ1) is 7.42. The van der Waals surface area contributed by atoms with Crippen LogP contribution in [0.3, 0.4) is 0 Å². The maximum atomic E-state index is 8.75. The molecule has 2 nitrogen and oxygen atoms in total. The molecule has 1 aromatic carbocycles. The molecule has 3 heteroatoms. The van der Waals surface area contributed by atoms with Crippen LogP contribution in [-0.2, 0) is 0 Å². The summed E-state index contributed by atoms with van der Waals surface area (Å²) in [5.74, 6) is 0. The van der Waals surface area contributed by atoms with Gasteiger partial charge in [0.15, 0.2) is 0 Å². The van der Waals surface area contributed by atoms with E-state index in [9.17, 15) is 0 Å². The summed E-state index contributed by atoms with van der Waals surface area (Å²) in [6, 6.07) is 13.7. The van der Waals surface area contributed by atoms with E-state index in [1.54, 1.807) is 6.20 Å². The molecule has 72 valence electrons. The van der Waals surface area contributed by atoms with Crippen LogP contribution in [0.4, 0.5) is 0 Å². The van der Waals surface area contributed by atoms with Crippen molar-refractivity contribution in [1.29, 1.82) is 5.26 Å². The summed E-state index contributed by atoms with van der Waals surface area (Å²) < 4.78 is 1.09. The van der Waals surface area contributed by atoms with Crippen LogP contribution in [-0.4, -0.2) is 19.9 Å². The van der Waals surface area contributed by atoms with E-state index in [4.69, 9.17) is 5.26 Å². The zero-order valence-corrected chi connectivity index (χ0v) is 9.63. The molecule has 2 aromatic rings. The molecule has 0 fully saturated rings. The Hall–Kier alpha value is -1.62. The average molecular weight is 259 g/mol. The number of nitriles is 1. The van der Waals surface area contributed by atoms with Crippen LogP contribution >= 0.6 is 0 Å². The number of benzene rings is 1. The summed E-state index contributed by atoms with van der Waals surface area (Å²) in [6.45, 7) is 0. The van der Waals surface area contributed by atoms with Gasteiger partial charge in [0.1, 0.15) is 0 Å². The van der Waals surface area contributed by atoms with E-state index < -0.39 is 0 Å². The summed E-state index contributed by atoms with van der Waals surface area (Å²) in [5.41, 5.74) is 2.00. The number of rotatable bonds is 2. The molecule has 0 aliphatic heterocycles. The van der Waals surface area contributed by atoms with Gasteiger partial charge in [0.25, 0.3) is 0 Å². The first-order valence-electron chi connectivity index (χ1n) is 4.48. The Balaban J connectivity index is 2.49. The molecule has 1 aromatic heterocycles. The third-order valence-electron chi connectivity index (χ3n) is 1.98. The zero-order chi connectivity index (χ0) is 10.5. The van der Waals surface area contributed by atoms with Crippen molar-refractivity contribution in [2.75, 3.05) is 0 Å². The van der Waals surface area contributed by atoms with Crippen molar-refractivity contribution in [3.8, 4) is 16.2 Å². The van der Waals surface area contributed by atoms with Crippen LogP contribution in [0, 0.1) is 10.2 Å². The number of pyridine rings is 1. The van der Waals surface area contributed by atoms with E-state index in [2.05, 4.69) is 9.95 Å². The Morgan fingerprint density at radius 2 is 1.87 bits per heavy atom. The monoisotopic (exact) mass is 260 g/mol. The Bertz CT molecular complexity index is 488. The summed E-state index contributed by atoms with van der Waals surface area (Å²) in [4.78, 5) is 6.52. The van der Waals surface area contributed by atoms with E-state index in [1.165, 1.54) is 0 Å². The predicted octanol–water partition coefficient (Wildman–Crippen LogP) is 1.56. The molecular formula is C12H8N2Se. The van der Waals surface area contributed by atoms with Crippen molar-refractivity contribution < 1.29 is 0 Å². The van der Waals surface area contributed by atoms with E-state index in [0.717, 1.165) is 15.7 Å². The zero-order valence-electron chi connectivity index (χ0n) is 7.92. The van der Waals surface area contributed by atoms with Gasteiger partial charge in [0.05, 0.1) is 0 Å². The molecule has 0 amide bonds.